The van der Waals surface area contributed by atoms with Crippen molar-refractivity contribution in [2.45, 2.75) is 37.0 Å². The summed E-state index contributed by atoms with van der Waals surface area (Å²) in [4.78, 5) is 23.8. The number of benzene rings is 2. The first-order chi connectivity index (χ1) is 14.2. The number of hydrogen-bond acceptors (Lipinski definition) is 6. The van der Waals surface area contributed by atoms with Crippen LogP contribution < -0.4 is 20.1 Å². The first kappa shape index (κ1) is 21.6. The van der Waals surface area contributed by atoms with Crippen molar-refractivity contribution in [1.82, 2.24) is 5.32 Å². The molecule has 160 valence electrons. The second-order valence-corrected chi connectivity index (χ2v) is 9.47. The number of fused-ring (bicyclic) bond motifs is 1. The van der Waals surface area contributed by atoms with Crippen molar-refractivity contribution in [3.8, 4) is 11.5 Å². The van der Waals surface area contributed by atoms with Gasteiger partial charge >= 0.3 is 0 Å². The van der Waals surface area contributed by atoms with E-state index in [0.717, 1.165) is 5.56 Å². The van der Waals surface area contributed by atoms with E-state index in [2.05, 4.69) is 10.6 Å². The Bertz CT molecular complexity index is 1060. The molecule has 0 saturated carbocycles. The molecule has 1 atom stereocenters. The molecule has 0 bridgehead atoms. The van der Waals surface area contributed by atoms with Crippen LogP contribution in [0.3, 0.4) is 0 Å². The van der Waals surface area contributed by atoms with E-state index in [0.29, 0.717) is 29.3 Å². The molecule has 1 unspecified atom stereocenters. The summed E-state index contributed by atoms with van der Waals surface area (Å²) in [6.07, 6.45) is -0.174. The van der Waals surface area contributed by atoms with Gasteiger partial charge in [-0.05, 0) is 43.2 Å². The van der Waals surface area contributed by atoms with Crippen LogP contribution in [0.1, 0.15) is 24.5 Å². The van der Waals surface area contributed by atoms with Crippen LogP contribution in [0, 0.1) is 6.92 Å². The van der Waals surface area contributed by atoms with Crippen molar-refractivity contribution >= 4 is 27.3 Å². The molecule has 2 aromatic carbocycles. The van der Waals surface area contributed by atoms with Gasteiger partial charge < -0.3 is 20.1 Å². The number of carbonyl (C=O) groups excluding carboxylic acids is 2. The van der Waals surface area contributed by atoms with Gasteiger partial charge in [-0.15, -0.1) is 0 Å². The molecule has 0 aliphatic carbocycles. The molecule has 2 N–H and O–H groups in total. The van der Waals surface area contributed by atoms with Crippen molar-refractivity contribution in [1.29, 1.82) is 0 Å². The topological polar surface area (TPSA) is 111 Å². The van der Waals surface area contributed by atoms with Gasteiger partial charge in [0, 0.05) is 19.0 Å². The lowest BCUT2D eigenvalue weighted by atomic mass is 10.2. The molecule has 0 fully saturated rings. The van der Waals surface area contributed by atoms with Crippen molar-refractivity contribution in [2.75, 3.05) is 19.0 Å². The van der Waals surface area contributed by atoms with Crippen LogP contribution in [0.4, 0.5) is 5.69 Å². The van der Waals surface area contributed by atoms with Crippen molar-refractivity contribution in [3.63, 3.8) is 0 Å². The molecule has 0 aromatic heterocycles. The van der Waals surface area contributed by atoms with E-state index in [9.17, 15) is 18.0 Å². The van der Waals surface area contributed by atoms with Crippen LogP contribution in [-0.4, -0.2) is 39.2 Å². The Kier molecular flexibility index (Phi) is 6.31. The maximum Gasteiger partial charge on any atom is 0.262 e. The largest absolute Gasteiger partial charge is 0.497 e. The predicted molar refractivity (Wildman–Crippen MR) is 111 cm³/mol. The average Bonchev–Trinajstić information content (AvgIpc) is 2.71. The lowest BCUT2D eigenvalue weighted by Gasteiger charge is -2.21. The highest BCUT2D eigenvalue weighted by Gasteiger charge is 2.29. The minimum Gasteiger partial charge on any atom is -0.497 e. The van der Waals surface area contributed by atoms with E-state index in [1.807, 2.05) is 12.1 Å². The summed E-state index contributed by atoms with van der Waals surface area (Å²) in [6, 6.07) is 10.2. The minimum atomic E-state index is -3.77. The highest BCUT2D eigenvalue weighted by Crippen LogP contribution is 2.34. The highest BCUT2D eigenvalue weighted by atomic mass is 32.2. The number of ether oxygens (including phenoxy) is 2. The third kappa shape index (κ3) is 4.73. The van der Waals surface area contributed by atoms with Crippen LogP contribution in [0.2, 0.25) is 0 Å². The molecule has 8 nitrogen and oxygen atoms in total. The fourth-order valence-electron chi connectivity index (χ4n) is 3.13. The van der Waals surface area contributed by atoms with Crippen molar-refractivity contribution in [2.24, 2.45) is 0 Å². The summed E-state index contributed by atoms with van der Waals surface area (Å²) in [5.41, 5.74) is 1.79. The van der Waals surface area contributed by atoms with Gasteiger partial charge in [-0.2, -0.15) is 0 Å². The minimum absolute atomic E-state index is 0.0906. The second-order valence-electron chi connectivity index (χ2n) is 7.14. The van der Waals surface area contributed by atoms with E-state index in [-0.39, 0.29) is 29.7 Å². The monoisotopic (exact) mass is 432 g/mol. The number of methoxy groups -OCH3 is 1. The number of hydrogen-bond donors (Lipinski definition) is 2. The zero-order valence-corrected chi connectivity index (χ0v) is 17.8. The molecule has 0 radical (unpaired) electrons. The van der Waals surface area contributed by atoms with Crippen LogP contribution in [0.25, 0.3) is 0 Å². The maximum absolute atomic E-state index is 13.0. The Morgan fingerprint density at radius 3 is 2.63 bits per heavy atom. The number of aryl methyl sites for hydroxylation is 1. The third-order valence-electron chi connectivity index (χ3n) is 4.87. The fourth-order valence-corrected chi connectivity index (χ4v) is 4.71. The number of sulfone groups is 1. The van der Waals surface area contributed by atoms with E-state index in [4.69, 9.17) is 9.47 Å². The van der Waals surface area contributed by atoms with Crippen molar-refractivity contribution in [3.05, 3.63) is 47.5 Å². The number of amides is 2. The van der Waals surface area contributed by atoms with Crippen LogP contribution in [0.15, 0.2) is 41.3 Å². The Morgan fingerprint density at radius 2 is 1.97 bits per heavy atom. The summed E-state index contributed by atoms with van der Waals surface area (Å²) in [5.74, 6) is 0.365. The molecular formula is C21H24N2O6S. The Hall–Kier alpha value is -3.07. The van der Waals surface area contributed by atoms with E-state index in [1.54, 1.807) is 32.2 Å². The summed E-state index contributed by atoms with van der Waals surface area (Å²) in [5, 5.41) is 4.47. The number of rotatable bonds is 7. The molecule has 2 amide bonds. The summed E-state index contributed by atoms with van der Waals surface area (Å²) in [7, 11) is -2.20. The fraction of sp³-hybridized carbons (Fsp3) is 0.333. The maximum atomic E-state index is 13.0. The lowest BCUT2D eigenvalue weighted by molar-refractivity contribution is -0.121. The molecule has 2 aromatic rings. The normalized spacial score (nSPS) is 14.2. The number of anilines is 1. The molecular weight excluding hydrogens is 408 g/mol. The number of carbonyl (C=O) groups is 2. The molecule has 1 aliphatic heterocycles. The quantitative estimate of drug-likeness (QED) is 0.694. The third-order valence-corrected chi connectivity index (χ3v) is 7.15. The highest BCUT2D eigenvalue weighted by molar-refractivity contribution is 7.92. The van der Waals surface area contributed by atoms with Crippen LogP contribution >= 0.6 is 0 Å². The molecule has 3 rings (SSSR count). The van der Waals surface area contributed by atoms with Gasteiger partial charge in [-0.3, -0.25) is 9.59 Å². The average molecular weight is 432 g/mol. The summed E-state index contributed by atoms with van der Waals surface area (Å²) < 4.78 is 36.5. The molecule has 30 heavy (non-hydrogen) atoms. The van der Waals surface area contributed by atoms with Crippen LogP contribution in [0.5, 0.6) is 11.5 Å². The Morgan fingerprint density at radius 1 is 1.27 bits per heavy atom. The van der Waals surface area contributed by atoms with Gasteiger partial charge in [-0.1, -0.05) is 12.1 Å². The van der Waals surface area contributed by atoms with E-state index >= 15 is 0 Å². The number of nitrogens with one attached hydrogen (secondary N) is 2. The standard InChI is InChI=1S/C21H24N2O6S/c1-13-8-17-18(29-12-21(25)23-17)10-19(13)30(26,27)14(2)9-20(24)22-11-15-4-6-16(28-3)7-5-15/h4-8,10,14H,9,11-12H2,1-3H3,(H,22,24)(H,23,25). The summed E-state index contributed by atoms with van der Waals surface area (Å²) in [6.45, 7) is 3.27. The van der Waals surface area contributed by atoms with Gasteiger partial charge in [0.25, 0.3) is 5.91 Å². The molecule has 0 saturated heterocycles. The first-order valence-electron chi connectivity index (χ1n) is 9.41. The van der Waals surface area contributed by atoms with E-state index < -0.39 is 15.1 Å². The van der Waals surface area contributed by atoms with Gasteiger partial charge in [0.05, 0.1) is 22.9 Å². The van der Waals surface area contributed by atoms with Crippen LogP contribution in [-0.2, 0) is 26.0 Å². The first-order valence-corrected chi connectivity index (χ1v) is 11.0. The van der Waals surface area contributed by atoms with Crippen molar-refractivity contribution < 1.29 is 27.5 Å². The SMILES string of the molecule is COc1ccc(CNC(=O)CC(C)S(=O)(=O)c2cc3c(cc2C)NC(=O)CO3)cc1. The zero-order valence-electron chi connectivity index (χ0n) is 17.0. The van der Waals surface area contributed by atoms with Gasteiger partial charge in [0.1, 0.15) is 11.5 Å². The molecule has 9 heteroatoms. The zero-order chi connectivity index (χ0) is 21.9. The smallest absolute Gasteiger partial charge is 0.262 e. The summed E-state index contributed by atoms with van der Waals surface area (Å²) >= 11 is 0. The molecule has 0 spiro atoms. The molecule has 1 heterocycles. The Labute approximate surface area is 175 Å². The van der Waals surface area contributed by atoms with Gasteiger partial charge in [0.15, 0.2) is 16.4 Å². The second kappa shape index (κ2) is 8.74. The van der Waals surface area contributed by atoms with Gasteiger partial charge in [-0.25, -0.2) is 8.42 Å². The molecule has 1 aliphatic rings. The van der Waals surface area contributed by atoms with E-state index in [1.165, 1.54) is 13.0 Å². The van der Waals surface area contributed by atoms with Gasteiger partial charge in [0.2, 0.25) is 5.91 Å². The predicted octanol–water partition coefficient (Wildman–Crippen LogP) is 2.20. The Balaban J connectivity index is 1.67. The lowest BCUT2D eigenvalue weighted by Crippen LogP contribution is -2.30.